The summed E-state index contributed by atoms with van der Waals surface area (Å²) in [5.41, 5.74) is 2.34. The Balaban J connectivity index is 0.00000288. The number of hydrogen-bond acceptors (Lipinski definition) is 3. The molecule has 2 rings (SSSR count). The maximum atomic E-state index is 5.40. The molecule has 0 bridgehead atoms. The molecule has 7 heteroatoms. The summed E-state index contributed by atoms with van der Waals surface area (Å²) < 4.78 is 7.22. The van der Waals surface area contributed by atoms with Crippen LogP contribution < -0.4 is 10.1 Å². The lowest BCUT2D eigenvalue weighted by molar-refractivity contribution is 0.396. The van der Waals surface area contributed by atoms with E-state index in [9.17, 15) is 0 Å². The molecule has 0 saturated carbocycles. The highest BCUT2D eigenvalue weighted by atomic mass is 127. The lowest BCUT2D eigenvalue weighted by atomic mass is 10.2. The summed E-state index contributed by atoms with van der Waals surface area (Å²) in [6.45, 7) is 1.55. The Kier molecular flexibility index (Phi) is 8.59. The Bertz CT molecular complexity index is 656. The summed E-state index contributed by atoms with van der Waals surface area (Å²) in [7, 11) is 7.44. The van der Waals surface area contributed by atoms with Gasteiger partial charge < -0.3 is 15.0 Å². The first-order valence-electron chi connectivity index (χ1n) is 7.65. The smallest absolute Gasteiger partial charge is 0.193 e. The van der Waals surface area contributed by atoms with Crippen LogP contribution in [0.1, 0.15) is 11.1 Å². The van der Waals surface area contributed by atoms with Crippen molar-refractivity contribution >= 4 is 29.9 Å². The third-order valence-electron chi connectivity index (χ3n) is 3.63. The van der Waals surface area contributed by atoms with Crippen molar-refractivity contribution in [2.75, 3.05) is 27.7 Å². The van der Waals surface area contributed by atoms with Gasteiger partial charge in [-0.25, -0.2) is 0 Å². The first-order valence-corrected chi connectivity index (χ1v) is 7.65. The van der Waals surface area contributed by atoms with Gasteiger partial charge in [0.05, 0.1) is 13.3 Å². The normalized spacial score (nSPS) is 10.9. The van der Waals surface area contributed by atoms with Crippen LogP contribution in [-0.4, -0.2) is 48.4 Å². The van der Waals surface area contributed by atoms with E-state index in [0.717, 1.165) is 36.8 Å². The number of ether oxygens (including phenoxy) is 1. The molecule has 0 spiro atoms. The average Bonchev–Trinajstić information content (AvgIpc) is 2.97. The number of para-hydroxylation sites is 1. The van der Waals surface area contributed by atoms with Gasteiger partial charge in [0.15, 0.2) is 5.96 Å². The van der Waals surface area contributed by atoms with Gasteiger partial charge in [0.2, 0.25) is 0 Å². The van der Waals surface area contributed by atoms with Gasteiger partial charge in [-0.05, 0) is 18.1 Å². The summed E-state index contributed by atoms with van der Waals surface area (Å²) in [5.74, 6) is 1.75. The summed E-state index contributed by atoms with van der Waals surface area (Å²) >= 11 is 0. The number of methoxy groups -OCH3 is 1. The summed E-state index contributed by atoms with van der Waals surface area (Å²) in [4.78, 5) is 6.43. The molecule has 0 saturated heterocycles. The molecule has 0 amide bonds. The van der Waals surface area contributed by atoms with Crippen LogP contribution in [-0.2, 0) is 20.0 Å². The first-order chi connectivity index (χ1) is 11.1. The largest absolute Gasteiger partial charge is 0.496 e. The molecule has 0 atom stereocenters. The van der Waals surface area contributed by atoms with E-state index < -0.39 is 0 Å². The topological polar surface area (TPSA) is 54.7 Å². The second kappa shape index (κ2) is 10.2. The van der Waals surface area contributed by atoms with Gasteiger partial charge in [0.1, 0.15) is 5.75 Å². The zero-order chi connectivity index (χ0) is 16.7. The number of aromatic nitrogens is 2. The Labute approximate surface area is 160 Å². The zero-order valence-electron chi connectivity index (χ0n) is 14.7. The van der Waals surface area contributed by atoms with Gasteiger partial charge in [-0.1, -0.05) is 18.2 Å². The molecule has 0 aliphatic carbocycles. The standard InChI is InChI=1S/C17H25N5O.HI/c1-18-17(19-10-9-14-11-20-22(3)12-14)21(2)13-15-7-5-6-8-16(15)23-4;/h5-8,11-12H,9-10,13H2,1-4H3,(H,18,19);1H. The lowest BCUT2D eigenvalue weighted by Gasteiger charge is -2.23. The van der Waals surface area contributed by atoms with Crippen molar-refractivity contribution in [1.82, 2.24) is 20.0 Å². The second-order valence-corrected chi connectivity index (χ2v) is 5.41. The minimum Gasteiger partial charge on any atom is -0.496 e. The fourth-order valence-electron chi connectivity index (χ4n) is 2.47. The third-order valence-corrected chi connectivity index (χ3v) is 3.63. The molecule has 1 aromatic carbocycles. The molecule has 24 heavy (non-hydrogen) atoms. The van der Waals surface area contributed by atoms with Crippen LogP contribution in [0.3, 0.4) is 0 Å². The molecule has 0 fully saturated rings. The van der Waals surface area contributed by atoms with Crippen LogP contribution in [0.15, 0.2) is 41.7 Å². The first kappa shape index (κ1) is 20.3. The van der Waals surface area contributed by atoms with E-state index in [1.165, 1.54) is 5.56 Å². The van der Waals surface area contributed by atoms with Crippen LogP contribution in [0.2, 0.25) is 0 Å². The number of guanidine groups is 1. The Hall–Kier alpha value is -1.77. The minimum atomic E-state index is 0. The van der Waals surface area contributed by atoms with E-state index in [0.29, 0.717) is 0 Å². The predicted molar refractivity (Wildman–Crippen MR) is 108 cm³/mol. The Morgan fingerprint density at radius 1 is 1.38 bits per heavy atom. The summed E-state index contributed by atoms with van der Waals surface area (Å²) in [6, 6.07) is 8.04. The number of nitrogens with zero attached hydrogens (tertiary/aromatic N) is 4. The van der Waals surface area contributed by atoms with E-state index in [4.69, 9.17) is 4.74 Å². The van der Waals surface area contributed by atoms with Gasteiger partial charge in [-0.2, -0.15) is 5.10 Å². The number of nitrogens with one attached hydrogen (secondary N) is 1. The SMILES string of the molecule is CN=C(NCCc1cnn(C)c1)N(C)Cc1ccccc1OC.I. The van der Waals surface area contributed by atoms with Crippen molar-refractivity contribution in [3.8, 4) is 5.75 Å². The van der Waals surface area contributed by atoms with E-state index in [1.807, 2.05) is 49.4 Å². The van der Waals surface area contributed by atoms with Crippen LogP contribution >= 0.6 is 24.0 Å². The highest BCUT2D eigenvalue weighted by Gasteiger charge is 2.09. The third kappa shape index (κ3) is 5.70. The number of halogens is 1. The van der Waals surface area contributed by atoms with E-state index in [-0.39, 0.29) is 24.0 Å². The number of benzene rings is 1. The maximum Gasteiger partial charge on any atom is 0.193 e. The van der Waals surface area contributed by atoms with Gasteiger partial charge in [0.25, 0.3) is 0 Å². The highest BCUT2D eigenvalue weighted by molar-refractivity contribution is 14.0. The number of aliphatic imine (C=N–C) groups is 1. The minimum absolute atomic E-state index is 0. The molecule has 2 aromatic rings. The molecular formula is C17H26IN5O. The molecule has 0 aliphatic heterocycles. The van der Waals surface area contributed by atoms with Crippen LogP contribution in [0, 0.1) is 0 Å². The van der Waals surface area contributed by atoms with Gasteiger partial charge in [0, 0.05) is 46.0 Å². The number of rotatable bonds is 6. The zero-order valence-corrected chi connectivity index (χ0v) is 17.0. The molecule has 132 valence electrons. The number of hydrogen-bond donors (Lipinski definition) is 1. The van der Waals surface area contributed by atoms with Crippen molar-refractivity contribution in [2.24, 2.45) is 12.0 Å². The van der Waals surface area contributed by atoms with Gasteiger partial charge in [-0.3, -0.25) is 9.67 Å². The summed E-state index contributed by atoms with van der Waals surface area (Å²) in [6.07, 6.45) is 4.83. The Morgan fingerprint density at radius 2 is 2.12 bits per heavy atom. The lowest BCUT2D eigenvalue weighted by Crippen LogP contribution is -2.39. The number of aryl methyl sites for hydroxylation is 1. The predicted octanol–water partition coefficient (Wildman–Crippen LogP) is 2.30. The van der Waals surface area contributed by atoms with E-state index >= 15 is 0 Å². The molecule has 1 aromatic heterocycles. The van der Waals surface area contributed by atoms with Crippen LogP contribution in [0.25, 0.3) is 0 Å². The molecule has 6 nitrogen and oxygen atoms in total. The Morgan fingerprint density at radius 3 is 2.75 bits per heavy atom. The van der Waals surface area contributed by atoms with Crippen molar-refractivity contribution in [3.05, 3.63) is 47.8 Å². The molecule has 1 N–H and O–H groups in total. The molecule has 1 heterocycles. The molecule has 0 unspecified atom stereocenters. The fraction of sp³-hybridized carbons (Fsp3) is 0.412. The van der Waals surface area contributed by atoms with Crippen LogP contribution in [0.5, 0.6) is 5.75 Å². The van der Waals surface area contributed by atoms with Gasteiger partial charge in [-0.15, -0.1) is 24.0 Å². The van der Waals surface area contributed by atoms with E-state index in [2.05, 4.69) is 26.4 Å². The van der Waals surface area contributed by atoms with Crippen molar-refractivity contribution < 1.29 is 4.74 Å². The molecular weight excluding hydrogens is 417 g/mol. The monoisotopic (exact) mass is 443 g/mol. The summed E-state index contributed by atoms with van der Waals surface area (Å²) in [5, 5.41) is 7.56. The van der Waals surface area contributed by atoms with Crippen molar-refractivity contribution in [2.45, 2.75) is 13.0 Å². The van der Waals surface area contributed by atoms with Crippen molar-refractivity contribution in [1.29, 1.82) is 0 Å². The molecule has 0 aliphatic rings. The highest BCUT2D eigenvalue weighted by Crippen LogP contribution is 2.18. The van der Waals surface area contributed by atoms with E-state index in [1.54, 1.807) is 14.2 Å². The van der Waals surface area contributed by atoms with Crippen molar-refractivity contribution in [3.63, 3.8) is 0 Å². The second-order valence-electron chi connectivity index (χ2n) is 5.41. The quantitative estimate of drug-likeness (QED) is 0.423. The molecule has 0 radical (unpaired) electrons. The van der Waals surface area contributed by atoms with Gasteiger partial charge >= 0.3 is 0 Å². The van der Waals surface area contributed by atoms with Crippen LogP contribution in [0.4, 0.5) is 0 Å². The maximum absolute atomic E-state index is 5.40. The average molecular weight is 443 g/mol. The fourth-order valence-corrected chi connectivity index (χ4v) is 2.47.